The summed E-state index contributed by atoms with van der Waals surface area (Å²) < 4.78 is 16.2. The van der Waals surface area contributed by atoms with Gasteiger partial charge in [-0.2, -0.15) is 0 Å². The smallest absolute Gasteiger partial charge is 0.335 e. The van der Waals surface area contributed by atoms with E-state index >= 15 is 0 Å². The fourth-order valence-corrected chi connectivity index (χ4v) is 2.36. The number of benzene rings is 1. The number of halogens is 1. The van der Waals surface area contributed by atoms with E-state index in [1.165, 1.54) is 19.2 Å². The number of hydrogen-bond acceptors (Lipinski definition) is 4. The predicted octanol–water partition coefficient (Wildman–Crippen LogP) is 2.85. The zero-order chi connectivity index (χ0) is 14.5. The van der Waals surface area contributed by atoms with E-state index in [4.69, 9.17) is 30.9 Å². The second-order valence-electron chi connectivity index (χ2n) is 4.66. The van der Waals surface area contributed by atoms with Crippen molar-refractivity contribution in [2.45, 2.75) is 12.8 Å². The van der Waals surface area contributed by atoms with E-state index in [1.54, 1.807) is 0 Å². The van der Waals surface area contributed by atoms with Crippen molar-refractivity contribution in [3.63, 3.8) is 0 Å². The molecule has 0 saturated carbocycles. The number of ether oxygens (including phenoxy) is 3. The van der Waals surface area contributed by atoms with Crippen LogP contribution in [0.2, 0.25) is 5.02 Å². The topological polar surface area (TPSA) is 65.0 Å². The van der Waals surface area contributed by atoms with Gasteiger partial charge in [0.1, 0.15) is 0 Å². The molecular formula is C14H17ClO5. The molecule has 1 aromatic rings. The van der Waals surface area contributed by atoms with Crippen LogP contribution in [0.1, 0.15) is 23.2 Å². The third kappa shape index (κ3) is 3.55. The number of hydrogen-bond donors (Lipinski definition) is 1. The normalized spacial score (nSPS) is 15.9. The van der Waals surface area contributed by atoms with E-state index in [2.05, 4.69) is 0 Å². The third-order valence-corrected chi connectivity index (χ3v) is 3.56. The van der Waals surface area contributed by atoms with Gasteiger partial charge in [0.25, 0.3) is 0 Å². The number of carbonyl (C=O) groups is 1. The monoisotopic (exact) mass is 300 g/mol. The van der Waals surface area contributed by atoms with E-state index in [1.807, 2.05) is 0 Å². The second-order valence-corrected chi connectivity index (χ2v) is 5.07. The summed E-state index contributed by atoms with van der Waals surface area (Å²) in [6.07, 6.45) is 1.90. The minimum atomic E-state index is -1.05. The summed E-state index contributed by atoms with van der Waals surface area (Å²) in [5.74, 6) is 0.0949. The lowest BCUT2D eigenvalue weighted by atomic mass is 10.0. The predicted molar refractivity (Wildman–Crippen MR) is 74.0 cm³/mol. The van der Waals surface area contributed by atoms with Crippen LogP contribution in [0.3, 0.4) is 0 Å². The van der Waals surface area contributed by atoms with Gasteiger partial charge in [-0.3, -0.25) is 0 Å². The SMILES string of the molecule is COc1cc(C(=O)O)cc(Cl)c1OCC1CCOCC1. The zero-order valence-electron chi connectivity index (χ0n) is 11.2. The molecule has 1 heterocycles. The quantitative estimate of drug-likeness (QED) is 0.906. The molecule has 110 valence electrons. The minimum absolute atomic E-state index is 0.0743. The summed E-state index contributed by atoms with van der Waals surface area (Å²) in [7, 11) is 1.46. The molecule has 1 fully saturated rings. The van der Waals surface area contributed by atoms with Crippen molar-refractivity contribution in [2.75, 3.05) is 26.9 Å². The van der Waals surface area contributed by atoms with Gasteiger partial charge in [-0.25, -0.2) is 4.79 Å². The molecule has 1 aliphatic heterocycles. The van der Waals surface area contributed by atoms with Crippen molar-refractivity contribution >= 4 is 17.6 Å². The highest BCUT2D eigenvalue weighted by atomic mass is 35.5. The molecule has 1 saturated heterocycles. The van der Waals surface area contributed by atoms with Gasteiger partial charge in [0.15, 0.2) is 11.5 Å². The fourth-order valence-electron chi connectivity index (χ4n) is 2.10. The van der Waals surface area contributed by atoms with Crippen LogP contribution < -0.4 is 9.47 Å². The highest BCUT2D eigenvalue weighted by Gasteiger charge is 2.19. The summed E-state index contributed by atoms with van der Waals surface area (Å²) in [4.78, 5) is 11.0. The summed E-state index contributed by atoms with van der Waals surface area (Å²) in [6.45, 7) is 2.01. The Bertz CT molecular complexity index is 483. The Morgan fingerprint density at radius 3 is 2.75 bits per heavy atom. The van der Waals surface area contributed by atoms with E-state index in [9.17, 15) is 4.79 Å². The average molecular weight is 301 g/mol. The van der Waals surface area contributed by atoms with Crippen LogP contribution in [0.25, 0.3) is 0 Å². The van der Waals surface area contributed by atoms with E-state index in [0.717, 1.165) is 26.1 Å². The summed E-state index contributed by atoms with van der Waals surface area (Å²) >= 11 is 6.08. The number of rotatable bonds is 5. The lowest BCUT2D eigenvalue weighted by Crippen LogP contribution is -2.21. The first-order valence-electron chi connectivity index (χ1n) is 6.43. The number of methoxy groups -OCH3 is 1. The average Bonchev–Trinajstić information content (AvgIpc) is 2.46. The van der Waals surface area contributed by atoms with Crippen molar-refractivity contribution in [3.05, 3.63) is 22.7 Å². The van der Waals surface area contributed by atoms with Crippen LogP contribution in [0.4, 0.5) is 0 Å². The molecule has 0 aromatic heterocycles. The van der Waals surface area contributed by atoms with Gasteiger partial charge in [0, 0.05) is 13.2 Å². The maximum atomic E-state index is 11.0. The number of carboxylic acids is 1. The number of aromatic carboxylic acids is 1. The second kappa shape index (κ2) is 6.81. The lowest BCUT2D eigenvalue weighted by Gasteiger charge is -2.23. The molecule has 0 aliphatic carbocycles. The molecule has 2 rings (SSSR count). The summed E-state index contributed by atoms with van der Waals surface area (Å²) in [5, 5.41) is 9.23. The first kappa shape index (κ1) is 14.9. The van der Waals surface area contributed by atoms with Crippen LogP contribution in [0.15, 0.2) is 12.1 Å². The summed E-state index contributed by atoms with van der Waals surface area (Å²) in [5.41, 5.74) is 0.0743. The van der Waals surface area contributed by atoms with Gasteiger partial charge in [-0.05, 0) is 30.9 Å². The van der Waals surface area contributed by atoms with Gasteiger partial charge in [0.05, 0.1) is 24.3 Å². The van der Waals surface area contributed by atoms with E-state index < -0.39 is 5.97 Å². The Balaban J connectivity index is 2.11. The maximum Gasteiger partial charge on any atom is 0.335 e. The fraction of sp³-hybridized carbons (Fsp3) is 0.500. The lowest BCUT2D eigenvalue weighted by molar-refractivity contribution is 0.0493. The Morgan fingerprint density at radius 2 is 2.15 bits per heavy atom. The van der Waals surface area contributed by atoms with Crippen molar-refractivity contribution in [1.82, 2.24) is 0 Å². The molecule has 0 amide bonds. The van der Waals surface area contributed by atoms with E-state index in [0.29, 0.717) is 24.0 Å². The molecule has 0 radical (unpaired) electrons. The first-order valence-corrected chi connectivity index (χ1v) is 6.81. The highest BCUT2D eigenvalue weighted by Crippen LogP contribution is 2.37. The standard InChI is InChI=1S/C14H17ClO5/c1-18-12-7-10(14(16)17)6-11(15)13(12)20-8-9-2-4-19-5-3-9/h6-7,9H,2-5,8H2,1H3,(H,16,17). The van der Waals surface area contributed by atoms with Crippen LogP contribution >= 0.6 is 11.6 Å². The molecule has 0 spiro atoms. The molecule has 0 atom stereocenters. The highest BCUT2D eigenvalue weighted by molar-refractivity contribution is 6.32. The first-order chi connectivity index (χ1) is 9.61. The zero-order valence-corrected chi connectivity index (χ0v) is 12.0. The minimum Gasteiger partial charge on any atom is -0.493 e. The Kier molecular flexibility index (Phi) is 5.09. The molecule has 5 nitrogen and oxygen atoms in total. The summed E-state index contributed by atoms with van der Waals surface area (Å²) in [6, 6.07) is 2.78. The van der Waals surface area contributed by atoms with Crippen LogP contribution in [0, 0.1) is 5.92 Å². The third-order valence-electron chi connectivity index (χ3n) is 3.28. The van der Waals surface area contributed by atoms with Crippen molar-refractivity contribution in [2.24, 2.45) is 5.92 Å². The van der Waals surface area contributed by atoms with Crippen molar-refractivity contribution in [1.29, 1.82) is 0 Å². The molecule has 6 heteroatoms. The molecule has 0 bridgehead atoms. The van der Waals surface area contributed by atoms with Gasteiger partial charge in [0.2, 0.25) is 0 Å². The number of carboxylic acid groups (broad SMARTS) is 1. The van der Waals surface area contributed by atoms with Crippen LogP contribution in [-0.4, -0.2) is 38.0 Å². The maximum absolute atomic E-state index is 11.0. The van der Waals surface area contributed by atoms with Crippen LogP contribution in [-0.2, 0) is 4.74 Å². The van der Waals surface area contributed by atoms with Gasteiger partial charge >= 0.3 is 5.97 Å². The van der Waals surface area contributed by atoms with Crippen molar-refractivity contribution < 1.29 is 24.1 Å². The molecule has 20 heavy (non-hydrogen) atoms. The Hall–Kier alpha value is -1.46. The largest absolute Gasteiger partial charge is 0.493 e. The molecule has 1 aromatic carbocycles. The molecule has 0 unspecified atom stereocenters. The molecule has 1 N–H and O–H groups in total. The van der Waals surface area contributed by atoms with Gasteiger partial charge in [-0.1, -0.05) is 11.6 Å². The van der Waals surface area contributed by atoms with Gasteiger partial charge in [-0.15, -0.1) is 0 Å². The molecule has 1 aliphatic rings. The van der Waals surface area contributed by atoms with E-state index in [-0.39, 0.29) is 10.6 Å². The van der Waals surface area contributed by atoms with Crippen LogP contribution in [0.5, 0.6) is 11.5 Å². The van der Waals surface area contributed by atoms with Crippen molar-refractivity contribution in [3.8, 4) is 11.5 Å². The Morgan fingerprint density at radius 1 is 1.45 bits per heavy atom. The van der Waals surface area contributed by atoms with Gasteiger partial charge < -0.3 is 19.3 Å². The Labute approximate surface area is 122 Å². The molecular weight excluding hydrogens is 284 g/mol.